The minimum atomic E-state index is -0.637. The van der Waals surface area contributed by atoms with Crippen LogP contribution in [0.4, 0.5) is 0 Å². The van der Waals surface area contributed by atoms with Gasteiger partial charge in [-0.3, -0.25) is 0 Å². The lowest BCUT2D eigenvalue weighted by Gasteiger charge is -2.32. The quantitative estimate of drug-likeness (QED) is 0.146. The largest absolute Gasteiger partial charge is 0.340 e. The van der Waals surface area contributed by atoms with Gasteiger partial charge in [-0.15, -0.1) is 0 Å². The Morgan fingerprint density at radius 3 is 2.07 bits per heavy atom. The fraction of sp³-hybridized carbons (Fsp3) is 0.235. The molecular formula is C51H51N4+3. The molecule has 0 N–H and O–H groups in total. The van der Waals surface area contributed by atoms with Gasteiger partial charge in [0.1, 0.15) is 7.05 Å². The van der Waals surface area contributed by atoms with E-state index in [-0.39, 0.29) is 6.04 Å². The molecule has 5 heterocycles. The molecule has 1 aliphatic rings. The second kappa shape index (κ2) is 13.2. The van der Waals surface area contributed by atoms with E-state index in [1.54, 1.807) is 0 Å². The van der Waals surface area contributed by atoms with E-state index in [2.05, 4.69) is 213 Å². The summed E-state index contributed by atoms with van der Waals surface area (Å²) in [5.74, 6) is 0.480. The summed E-state index contributed by atoms with van der Waals surface area (Å²) >= 11 is 0. The highest BCUT2D eigenvalue weighted by molar-refractivity contribution is 6.09. The van der Waals surface area contributed by atoms with Gasteiger partial charge in [0.15, 0.2) is 17.6 Å². The molecular weight excluding hydrogens is 669 g/mol. The molecule has 55 heavy (non-hydrogen) atoms. The minimum Gasteiger partial charge on any atom is -0.340 e. The van der Waals surface area contributed by atoms with E-state index in [9.17, 15) is 0 Å². The maximum absolute atomic E-state index is 2.68. The van der Waals surface area contributed by atoms with Crippen molar-refractivity contribution in [3.63, 3.8) is 0 Å². The van der Waals surface area contributed by atoms with Gasteiger partial charge in [-0.25, -0.2) is 4.57 Å². The Bertz CT molecular complexity index is 2800. The molecule has 0 aliphatic carbocycles. The average Bonchev–Trinajstić information content (AvgIpc) is 3.67. The Balaban J connectivity index is 1.52. The van der Waals surface area contributed by atoms with E-state index in [0.717, 1.165) is 6.54 Å². The summed E-state index contributed by atoms with van der Waals surface area (Å²) in [6.45, 7) is 17.1. The fourth-order valence-electron chi connectivity index (χ4n) is 9.86. The minimum absolute atomic E-state index is 0.0661. The van der Waals surface area contributed by atoms with Gasteiger partial charge < -0.3 is 4.57 Å². The smallest absolute Gasteiger partial charge is 0.257 e. The second-order valence-electron chi connectivity index (χ2n) is 16.4. The van der Waals surface area contributed by atoms with Crippen LogP contribution in [0.5, 0.6) is 0 Å². The molecule has 0 bridgehead atoms. The standard InChI is InChI=1S/C51H51N4/c1-33(2)31-53-46-24-14-13-22-40(46)42-29-43(45-28-27-34(3)32-52(45)8)44(30-49(42)53)51(7,55-37(6)19-16-26-48(55)38-20-10-9-17-35(38)4)50-41-23-12-11-21-39(41)47-25-15-18-36(5)54(47)50/h9-30,32-33,50H,31H2,1-8H3/q+3. The van der Waals surface area contributed by atoms with Crippen LogP contribution < -0.4 is 13.7 Å². The summed E-state index contributed by atoms with van der Waals surface area (Å²) in [7, 11) is 2.20. The molecule has 4 heteroatoms. The van der Waals surface area contributed by atoms with Crippen molar-refractivity contribution in [2.75, 3.05) is 0 Å². The van der Waals surface area contributed by atoms with Gasteiger partial charge in [0.2, 0.25) is 17.1 Å². The van der Waals surface area contributed by atoms with Crippen LogP contribution in [0.3, 0.4) is 0 Å². The van der Waals surface area contributed by atoms with E-state index >= 15 is 0 Å². The SMILES string of the molecule is Cc1ccc(-c2cc3c4ccccc4n(CC(C)C)c3cc2C(C)(C2c3ccccc3-c3cccc(C)[n+]32)[n+]2c(C)cccc2-c2ccccc2C)[n+](C)c1. The number of pyridine rings is 3. The summed E-state index contributed by atoms with van der Waals surface area (Å²) in [5, 5.41) is 2.59. The number of hydrogen-bond donors (Lipinski definition) is 0. The number of hydrogen-bond acceptors (Lipinski definition) is 0. The number of nitrogens with zero attached hydrogens (tertiary/aromatic N) is 4. The molecule has 0 fully saturated rings. The van der Waals surface area contributed by atoms with Gasteiger partial charge in [-0.2, -0.15) is 9.13 Å². The van der Waals surface area contributed by atoms with Crippen molar-refractivity contribution in [3.8, 4) is 33.8 Å². The first-order valence-electron chi connectivity index (χ1n) is 19.8. The van der Waals surface area contributed by atoms with Crippen molar-refractivity contribution in [2.45, 2.75) is 66.6 Å². The number of aryl methyl sites for hydroxylation is 5. The molecule has 4 aromatic carbocycles. The van der Waals surface area contributed by atoms with Gasteiger partial charge in [-0.1, -0.05) is 68.4 Å². The van der Waals surface area contributed by atoms with E-state index in [0.29, 0.717) is 5.92 Å². The summed E-state index contributed by atoms with van der Waals surface area (Å²) in [5.41, 5.74) is 17.0. The first-order valence-corrected chi connectivity index (χ1v) is 19.8. The van der Waals surface area contributed by atoms with Crippen LogP contribution in [-0.4, -0.2) is 4.57 Å². The number of aromatic nitrogens is 4. The van der Waals surface area contributed by atoms with Crippen molar-refractivity contribution in [3.05, 3.63) is 173 Å². The Kier molecular flexibility index (Phi) is 8.34. The van der Waals surface area contributed by atoms with Crippen molar-refractivity contribution >= 4 is 21.8 Å². The number of para-hydroxylation sites is 1. The zero-order chi connectivity index (χ0) is 38.2. The predicted molar refractivity (Wildman–Crippen MR) is 225 cm³/mol. The highest BCUT2D eigenvalue weighted by Crippen LogP contribution is 2.48. The maximum Gasteiger partial charge on any atom is 0.257 e. The van der Waals surface area contributed by atoms with Crippen molar-refractivity contribution < 1.29 is 13.7 Å². The van der Waals surface area contributed by atoms with Crippen LogP contribution in [0.2, 0.25) is 0 Å². The zero-order valence-corrected chi connectivity index (χ0v) is 33.4. The van der Waals surface area contributed by atoms with Crippen molar-refractivity contribution in [1.29, 1.82) is 0 Å². The molecule has 0 radical (unpaired) electrons. The lowest BCUT2D eigenvalue weighted by molar-refractivity contribution is -0.824. The van der Waals surface area contributed by atoms with Crippen LogP contribution in [0.15, 0.2) is 140 Å². The van der Waals surface area contributed by atoms with E-state index < -0.39 is 5.54 Å². The molecule has 0 saturated carbocycles. The van der Waals surface area contributed by atoms with Crippen molar-refractivity contribution in [2.24, 2.45) is 13.0 Å². The van der Waals surface area contributed by atoms with Gasteiger partial charge in [0, 0.05) is 102 Å². The van der Waals surface area contributed by atoms with E-state index in [1.165, 1.54) is 89.2 Å². The van der Waals surface area contributed by atoms with E-state index in [1.807, 2.05) is 0 Å². The van der Waals surface area contributed by atoms with Gasteiger partial charge in [0.05, 0.1) is 11.1 Å². The van der Waals surface area contributed by atoms with Crippen LogP contribution in [0.25, 0.3) is 55.6 Å². The van der Waals surface area contributed by atoms with Crippen LogP contribution in [-0.2, 0) is 19.1 Å². The lowest BCUT2D eigenvalue weighted by Crippen LogP contribution is -2.67. The van der Waals surface area contributed by atoms with Gasteiger partial charge in [0.25, 0.3) is 11.6 Å². The van der Waals surface area contributed by atoms with Gasteiger partial charge in [-0.05, 0) is 73.9 Å². The molecule has 272 valence electrons. The zero-order valence-electron chi connectivity index (χ0n) is 33.4. The Hall–Kier alpha value is -5.87. The van der Waals surface area contributed by atoms with E-state index in [4.69, 9.17) is 0 Å². The highest BCUT2D eigenvalue weighted by atomic mass is 15.2. The Morgan fingerprint density at radius 1 is 0.618 bits per heavy atom. The maximum atomic E-state index is 2.68. The molecule has 0 spiro atoms. The summed E-state index contributed by atoms with van der Waals surface area (Å²) in [4.78, 5) is 0. The monoisotopic (exact) mass is 719 g/mol. The number of benzene rings is 4. The van der Waals surface area contributed by atoms with Crippen LogP contribution in [0.1, 0.15) is 60.5 Å². The number of fused-ring (bicyclic) bond motifs is 6. The Labute approximate surface area is 325 Å². The Morgan fingerprint density at radius 2 is 1.31 bits per heavy atom. The second-order valence-corrected chi connectivity index (χ2v) is 16.4. The molecule has 1 aliphatic heterocycles. The number of rotatable bonds is 7. The highest BCUT2D eigenvalue weighted by Gasteiger charge is 2.60. The normalized spacial score (nSPS) is 14.7. The predicted octanol–water partition coefficient (Wildman–Crippen LogP) is 10.5. The third kappa shape index (κ3) is 5.37. The molecule has 8 aromatic rings. The third-order valence-electron chi connectivity index (χ3n) is 12.2. The summed E-state index contributed by atoms with van der Waals surface area (Å²) < 4.78 is 10.2. The topological polar surface area (TPSA) is 16.6 Å². The fourth-order valence-corrected chi connectivity index (χ4v) is 9.86. The molecule has 4 nitrogen and oxygen atoms in total. The van der Waals surface area contributed by atoms with Crippen LogP contribution in [0, 0.1) is 33.6 Å². The first kappa shape index (κ1) is 34.9. The summed E-state index contributed by atoms with van der Waals surface area (Å²) in [6.07, 6.45) is 2.27. The molecule has 0 amide bonds. The van der Waals surface area contributed by atoms with Gasteiger partial charge >= 0.3 is 0 Å². The third-order valence-corrected chi connectivity index (χ3v) is 12.2. The molecule has 4 aromatic heterocycles. The van der Waals surface area contributed by atoms with Crippen LogP contribution >= 0.6 is 0 Å². The first-order chi connectivity index (χ1) is 26.6. The molecule has 0 saturated heterocycles. The molecule has 9 rings (SSSR count). The molecule has 2 atom stereocenters. The average molecular weight is 720 g/mol. The molecule has 2 unspecified atom stereocenters. The van der Waals surface area contributed by atoms with Crippen molar-refractivity contribution in [1.82, 2.24) is 4.57 Å². The lowest BCUT2D eigenvalue weighted by atomic mass is 9.76. The summed E-state index contributed by atoms with van der Waals surface area (Å²) in [6, 6.07) is 50.2.